The Bertz CT molecular complexity index is 830. The molecule has 2 heterocycles. The lowest BCUT2D eigenvalue weighted by Gasteiger charge is -2.23. The highest BCUT2D eigenvalue weighted by Gasteiger charge is 2.33. The second kappa shape index (κ2) is 7.65. The van der Waals surface area contributed by atoms with Gasteiger partial charge in [-0.25, -0.2) is 14.6 Å². The number of benzene rings is 1. The number of carboxylic acids is 1. The van der Waals surface area contributed by atoms with Crippen LogP contribution in [0.1, 0.15) is 62.0 Å². The van der Waals surface area contributed by atoms with Crippen LogP contribution < -0.4 is 0 Å². The third-order valence-corrected chi connectivity index (χ3v) is 5.13. The van der Waals surface area contributed by atoms with Gasteiger partial charge in [-0.15, -0.1) is 11.3 Å². The lowest BCUT2D eigenvalue weighted by atomic mass is 10.1. The number of hydrogen-bond acceptors (Lipinski definition) is 6. The summed E-state index contributed by atoms with van der Waals surface area (Å²) >= 11 is 1.34. The van der Waals surface area contributed by atoms with E-state index in [2.05, 4.69) is 4.98 Å². The summed E-state index contributed by atoms with van der Waals surface area (Å²) in [5.74, 6) is -1.66. The molecule has 1 aliphatic rings. The van der Waals surface area contributed by atoms with Gasteiger partial charge in [-0.3, -0.25) is 4.79 Å². The summed E-state index contributed by atoms with van der Waals surface area (Å²) in [6.07, 6.45) is 1.62. The summed E-state index contributed by atoms with van der Waals surface area (Å²) in [6, 6.07) is 5.70. The zero-order valence-electron chi connectivity index (χ0n) is 14.2. The van der Waals surface area contributed by atoms with Crippen molar-refractivity contribution in [3.05, 3.63) is 51.5 Å². The number of aromatic nitrogens is 1. The third kappa shape index (κ3) is 3.60. The van der Waals surface area contributed by atoms with E-state index in [-0.39, 0.29) is 29.8 Å². The predicted molar refractivity (Wildman–Crippen MR) is 94.5 cm³/mol. The predicted octanol–water partition coefficient (Wildman–Crippen LogP) is 3.00. The van der Waals surface area contributed by atoms with Crippen LogP contribution in [0.25, 0.3) is 0 Å². The van der Waals surface area contributed by atoms with Gasteiger partial charge in [0.2, 0.25) is 0 Å². The summed E-state index contributed by atoms with van der Waals surface area (Å²) in [6.45, 7) is 2.61. The van der Waals surface area contributed by atoms with E-state index < -0.39 is 11.9 Å². The maximum atomic E-state index is 12.8. The van der Waals surface area contributed by atoms with Gasteiger partial charge in [-0.1, -0.05) is 0 Å². The molecule has 8 heteroatoms. The average molecular weight is 374 g/mol. The van der Waals surface area contributed by atoms with Crippen LogP contribution in [0.2, 0.25) is 0 Å². The van der Waals surface area contributed by atoms with E-state index in [1.807, 2.05) is 0 Å². The van der Waals surface area contributed by atoms with Gasteiger partial charge < -0.3 is 14.7 Å². The molecule has 1 aliphatic heterocycles. The Morgan fingerprint density at radius 1 is 1.27 bits per heavy atom. The van der Waals surface area contributed by atoms with E-state index in [9.17, 15) is 14.4 Å². The van der Waals surface area contributed by atoms with Crippen molar-refractivity contribution in [3.8, 4) is 0 Å². The van der Waals surface area contributed by atoms with Gasteiger partial charge in [-0.2, -0.15) is 0 Å². The number of nitrogens with zero attached hydrogens (tertiary/aromatic N) is 2. The van der Waals surface area contributed by atoms with Crippen LogP contribution in [0.5, 0.6) is 0 Å². The number of thiazole rings is 1. The number of carbonyl (C=O) groups is 3. The Hall–Kier alpha value is -2.74. The van der Waals surface area contributed by atoms with E-state index in [1.165, 1.54) is 35.6 Å². The van der Waals surface area contributed by atoms with E-state index in [1.54, 1.807) is 17.2 Å². The van der Waals surface area contributed by atoms with Crippen molar-refractivity contribution in [1.82, 2.24) is 9.88 Å². The molecule has 7 nitrogen and oxygen atoms in total. The van der Waals surface area contributed by atoms with E-state index >= 15 is 0 Å². The average Bonchev–Trinajstić information content (AvgIpc) is 3.30. The molecule has 1 atom stereocenters. The van der Waals surface area contributed by atoms with Crippen molar-refractivity contribution >= 4 is 29.2 Å². The van der Waals surface area contributed by atoms with Crippen LogP contribution in [0.4, 0.5) is 0 Å². The first-order valence-corrected chi connectivity index (χ1v) is 9.16. The number of aromatic carboxylic acids is 1. The number of amides is 1. The minimum Gasteiger partial charge on any atom is -0.478 e. The number of carboxylic acid groups (broad SMARTS) is 1. The fourth-order valence-corrected chi connectivity index (χ4v) is 3.86. The Balaban J connectivity index is 1.78. The smallest absolute Gasteiger partial charge is 0.357 e. The highest BCUT2D eigenvalue weighted by atomic mass is 32.1. The van der Waals surface area contributed by atoms with Crippen LogP contribution >= 0.6 is 11.3 Å². The van der Waals surface area contributed by atoms with Gasteiger partial charge in [0, 0.05) is 17.5 Å². The van der Waals surface area contributed by atoms with Gasteiger partial charge in [0.15, 0.2) is 5.69 Å². The number of hydrogen-bond donors (Lipinski definition) is 1. The molecule has 136 valence electrons. The number of carbonyl (C=O) groups excluding carboxylic acids is 2. The number of ether oxygens (including phenoxy) is 1. The Kier molecular flexibility index (Phi) is 5.32. The van der Waals surface area contributed by atoms with Crippen molar-refractivity contribution in [2.45, 2.75) is 25.8 Å². The number of likely N-dealkylation sites (tertiary alicyclic amines) is 1. The second-order valence-corrected chi connectivity index (χ2v) is 6.72. The Morgan fingerprint density at radius 3 is 2.62 bits per heavy atom. The van der Waals surface area contributed by atoms with Crippen molar-refractivity contribution in [2.24, 2.45) is 0 Å². The van der Waals surface area contributed by atoms with Crippen LogP contribution in [-0.4, -0.2) is 46.0 Å². The van der Waals surface area contributed by atoms with Gasteiger partial charge in [0.05, 0.1) is 18.2 Å². The molecule has 1 aromatic carbocycles. The molecule has 26 heavy (non-hydrogen) atoms. The van der Waals surface area contributed by atoms with Crippen molar-refractivity contribution in [3.63, 3.8) is 0 Å². The van der Waals surface area contributed by atoms with Crippen molar-refractivity contribution in [2.75, 3.05) is 13.2 Å². The van der Waals surface area contributed by atoms with Gasteiger partial charge >= 0.3 is 11.9 Å². The lowest BCUT2D eigenvalue weighted by molar-refractivity contribution is 0.0519. The van der Waals surface area contributed by atoms with E-state index in [0.717, 1.165) is 12.8 Å². The molecule has 3 rings (SSSR count). The Labute approximate surface area is 154 Å². The first-order valence-electron chi connectivity index (χ1n) is 8.28. The topological polar surface area (TPSA) is 96.8 Å². The molecule has 0 bridgehead atoms. The largest absolute Gasteiger partial charge is 0.478 e. The molecule has 1 fully saturated rings. The molecule has 0 aliphatic carbocycles. The van der Waals surface area contributed by atoms with Crippen LogP contribution in [-0.2, 0) is 4.74 Å². The molecule has 1 amide bonds. The molecule has 1 saturated heterocycles. The molecule has 0 spiro atoms. The summed E-state index contributed by atoms with van der Waals surface area (Å²) in [5, 5.41) is 11.3. The van der Waals surface area contributed by atoms with E-state index in [0.29, 0.717) is 17.1 Å². The molecule has 0 saturated carbocycles. The van der Waals surface area contributed by atoms with Crippen LogP contribution in [0.3, 0.4) is 0 Å². The Morgan fingerprint density at radius 2 is 1.96 bits per heavy atom. The van der Waals surface area contributed by atoms with Crippen molar-refractivity contribution in [1.29, 1.82) is 0 Å². The van der Waals surface area contributed by atoms with E-state index in [4.69, 9.17) is 9.84 Å². The maximum Gasteiger partial charge on any atom is 0.357 e. The molecular weight excluding hydrogens is 356 g/mol. The molecular formula is C18H18N2O5S. The second-order valence-electron chi connectivity index (χ2n) is 5.83. The van der Waals surface area contributed by atoms with Crippen molar-refractivity contribution < 1.29 is 24.2 Å². The molecule has 2 aromatic rings. The van der Waals surface area contributed by atoms with Gasteiger partial charge in [0.1, 0.15) is 5.01 Å². The SMILES string of the molecule is CCOC(=O)c1csc(C2CCCN2C(=O)c2ccc(C(=O)O)cc2)n1. The highest BCUT2D eigenvalue weighted by molar-refractivity contribution is 7.09. The summed E-state index contributed by atoms with van der Waals surface area (Å²) in [4.78, 5) is 41.6. The molecule has 0 radical (unpaired) electrons. The summed E-state index contributed by atoms with van der Waals surface area (Å²) < 4.78 is 4.95. The standard InChI is InChI=1S/C18H18N2O5S/c1-2-25-18(24)13-10-26-15(19-13)14-4-3-9-20(14)16(21)11-5-7-12(8-6-11)17(22)23/h5-8,10,14H,2-4,9H2,1H3,(H,22,23). The first kappa shape index (κ1) is 18.1. The molecule has 1 N–H and O–H groups in total. The summed E-state index contributed by atoms with van der Waals surface area (Å²) in [7, 11) is 0. The van der Waals surface area contributed by atoms with Crippen LogP contribution in [0, 0.1) is 0 Å². The minimum atomic E-state index is -1.03. The lowest BCUT2D eigenvalue weighted by Crippen LogP contribution is -2.30. The molecule has 1 aromatic heterocycles. The number of rotatable bonds is 5. The first-order chi connectivity index (χ1) is 12.5. The normalized spacial score (nSPS) is 16.5. The zero-order chi connectivity index (χ0) is 18.7. The monoisotopic (exact) mass is 374 g/mol. The molecule has 1 unspecified atom stereocenters. The summed E-state index contributed by atoms with van der Waals surface area (Å²) in [5.41, 5.74) is 0.833. The highest BCUT2D eigenvalue weighted by Crippen LogP contribution is 2.35. The number of esters is 1. The van der Waals surface area contributed by atoms with Crippen LogP contribution in [0.15, 0.2) is 29.6 Å². The fourth-order valence-electron chi connectivity index (χ4n) is 2.93. The van der Waals surface area contributed by atoms with Gasteiger partial charge in [-0.05, 0) is 44.0 Å². The van der Waals surface area contributed by atoms with Gasteiger partial charge in [0.25, 0.3) is 5.91 Å². The zero-order valence-corrected chi connectivity index (χ0v) is 15.0. The maximum absolute atomic E-state index is 12.8. The minimum absolute atomic E-state index is 0.138. The third-order valence-electron chi connectivity index (χ3n) is 4.18. The fraction of sp³-hybridized carbons (Fsp3) is 0.333. The quantitative estimate of drug-likeness (QED) is 0.808.